The van der Waals surface area contributed by atoms with E-state index in [1.807, 2.05) is 13.8 Å². The number of hydrogen-bond acceptors (Lipinski definition) is 4. The van der Waals surface area contributed by atoms with Gasteiger partial charge in [-0.3, -0.25) is 9.59 Å². The highest BCUT2D eigenvalue weighted by Crippen LogP contribution is 2.28. The number of hydrogen-bond donors (Lipinski definition) is 3. The summed E-state index contributed by atoms with van der Waals surface area (Å²) in [5, 5.41) is 5.41. The molecule has 0 spiro atoms. The van der Waals surface area contributed by atoms with Gasteiger partial charge in [-0.1, -0.05) is 25.4 Å². The highest BCUT2D eigenvalue weighted by Gasteiger charge is 2.08. The molecule has 0 heterocycles. The summed E-state index contributed by atoms with van der Waals surface area (Å²) in [6.07, 6.45) is 0. The molecule has 1 aromatic rings. The molecule has 0 aromatic heterocycles. The maximum atomic E-state index is 11.6. The molecule has 0 bridgehead atoms. The largest absolute Gasteiger partial charge is 0.492 e. The smallest absolute Gasteiger partial charge is 0.243 e. The fourth-order valence-corrected chi connectivity index (χ4v) is 1.64. The van der Waals surface area contributed by atoms with Crippen molar-refractivity contribution in [3.8, 4) is 5.75 Å². The summed E-state index contributed by atoms with van der Waals surface area (Å²) < 4.78 is 5.54. The Balaban J connectivity index is 0.00000441. The van der Waals surface area contributed by atoms with Gasteiger partial charge in [0.05, 0.1) is 24.7 Å². The van der Waals surface area contributed by atoms with Crippen LogP contribution in [-0.2, 0) is 9.59 Å². The number of rotatable bonds is 7. The molecule has 4 N–H and O–H groups in total. The molecule has 22 heavy (non-hydrogen) atoms. The quantitative estimate of drug-likeness (QED) is 0.699. The Morgan fingerprint density at radius 1 is 1.32 bits per heavy atom. The number of nitrogens with two attached hydrogens (primary N) is 1. The van der Waals surface area contributed by atoms with E-state index in [2.05, 4.69) is 10.6 Å². The Hall–Kier alpha value is -1.50. The van der Waals surface area contributed by atoms with Gasteiger partial charge in [0.25, 0.3) is 0 Å². The van der Waals surface area contributed by atoms with Crippen molar-refractivity contribution in [2.75, 3.05) is 25.0 Å². The molecule has 1 rings (SSSR count). The predicted molar refractivity (Wildman–Crippen MR) is 89.7 cm³/mol. The molecule has 0 unspecified atom stereocenters. The molecule has 0 saturated heterocycles. The number of ether oxygens (including phenoxy) is 1. The number of benzene rings is 1. The first kappa shape index (κ1) is 20.5. The maximum Gasteiger partial charge on any atom is 0.243 e. The summed E-state index contributed by atoms with van der Waals surface area (Å²) in [5.74, 6) is 0.218. The summed E-state index contributed by atoms with van der Waals surface area (Å²) >= 11 is 6.08. The molecule has 124 valence electrons. The van der Waals surface area contributed by atoms with E-state index in [-0.39, 0.29) is 37.3 Å². The Morgan fingerprint density at radius 3 is 2.55 bits per heavy atom. The third-order valence-electron chi connectivity index (χ3n) is 2.42. The summed E-state index contributed by atoms with van der Waals surface area (Å²) in [5.41, 5.74) is 5.65. The Morgan fingerprint density at radius 2 is 2.00 bits per heavy atom. The summed E-state index contributed by atoms with van der Waals surface area (Å²) in [7, 11) is 0. The number of anilines is 1. The minimum Gasteiger partial charge on any atom is -0.492 e. The zero-order valence-corrected chi connectivity index (χ0v) is 14.1. The van der Waals surface area contributed by atoms with Crippen molar-refractivity contribution in [2.24, 2.45) is 11.7 Å². The first-order valence-corrected chi connectivity index (χ1v) is 6.99. The van der Waals surface area contributed by atoms with Crippen molar-refractivity contribution in [1.29, 1.82) is 0 Å². The fraction of sp³-hybridized carbons (Fsp3) is 0.429. The van der Waals surface area contributed by atoms with E-state index in [4.69, 9.17) is 22.1 Å². The third-order valence-corrected chi connectivity index (χ3v) is 2.71. The zero-order valence-electron chi connectivity index (χ0n) is 12.5. The molecule has 0 fully saturated rings. The van der Waals surface area contributed by atoms with E-state index in [0.29, 0.717) is 29.0 Å². The van der Waals surface area contributed by atoms with Crippen LogP contribution < -0.4 is 21.1 Å². The molecule has 1 aromatic carbocycles. The second-order valence-electron chi connectivity index (χ2n) is 4.88. The van der Waals surface area contributed by atoms with Crippen molar-refractivity contribution in [3.63, 3.8) is 0 Å². The standard InChI is InChI=1S/C14H20ClN3O3.ClH/c1-9(2)8-21-12-4-3-10(5-11(12)15)18-14(20)7-17-13(19)6-16;/h3-5,9H,6-8,16H2,1-2H3,(H,17,19)(H,18,20);1H. The van der Waals surface area contributed by atoms with Crippen LogP contribution >= 0.6 is 24.0 Å². The van der Waals surface area contributed by atoms with E-state index in [9.17, 15) is 9.59 Å². The average molecular weight is 350 g/mol. The lowest BCUT2D eigenvalue weighted by Crippen LogP contribution is -2.36. The van der Waals surface area contributed by atoms with Crippen molar-refractivity contribution < 1.29 is 14.3 Å². The number of halogens is 2. The SMILES string of the molecule is CC(C)COc1ccc(NC(=O)CNC(=O)CN)cc1Cl.Cl. The zero-order chi connectivity index (χ0) is 15.8. The van der Waals surface area contributed by atoms with Gasteiger partial charge in [0.1, 0.15) is 5.75 Å². The molecule has 0 aliphatic heterocycles. The average Bonchev–Trinajstić information content (AvgIpc) is 2.43. The fourth-order valence-electron chi connectivity index (χ4n) is 1.41. The van der Waals surface area contributed by atoms with Gasteiger partial charge in [0.2, 0.25) is 11.8 Å². The van der Waals surface area contributed by atoms with Gasteiger partial charge in [0.15, 0.2) is 0 Å². The Kier molecular flexibility index (Phi) is 9.56. The minimum absolute atomic E-state index is 0. The lowest BCUT2D eigenvalue weighted by atomic mass is 10.2. The van der Waals surface area contributed by atoms with E-state index < -0.39 is 0 Å². The molecule has 0 saturated carbocycles. The van der Waals surface area contributed by atoms with Crippen molar-refractivity contribution in [2.45, 2.75) is 13.8 Å². The van der Waals surface area contributed by atoms with Gasteiger partial charge >= 0.3 is 0 Å². The Labute approximate surface area is 141 Å². The van der Waals surface area contributed by atoms with Gasteiger partial charge < -0.3 is 21.1 Å². The van der Waals surface area contributed by atoms with E-state index >= 15 is 0 Å². The number of carbonyl (C=O) groups is 2. The van der Waals surface area contributed by atoms with Crippen LogP contribution in [0.15, 0.2) is 18.2 Å². The topological polar surface area (TPSA) is 93.5 Å². The van der Waals surface area contributed by atoms with Crippen LogP contribution in [-0.4, -0.2) is 31.5 Å². The first-order chi connectivity index (χ1) is 9.92. The van der Waals surface area contributed by atoms with Crippen molar-refractivity contribution in [1.82, 2.24) is 5.32 Å². The second-order valence-corrected chi connectivity index (χ2v) is 5.29. The molecular formula is C14H21Cl2N3O3. The predicted octanol–water partition coefficient (Wildman–Crippen LogP) is 1.81. The van der Waals surface area contributed by atoms with E-state index in [0.717, 1.165) is 0 Å². The summed E-state index contributed by atoms with van der Waals surface area (Å²) in [6, 6.07) is 4.98. The van der Waals surface area contributed by atoms with Gasteiger partial charge in [-0.2, -0.15) is 0 Å². The minimum atomic E-state index is -0.388. The van der Waals surface area contributed by atoms with Crippen molar-refractivity contribution in [3.05, 3.63) is 23.2 Å². The molecule has 2 amide bonds. The van der Waals surface area contributed by atoms with Gasteiger partial charge in [0, 0.05) is 5.69 Å². The van der Waals surface area contributed by atoms with Crippen LogP contribution in [0.3, 0.4) is 0 Å². The summed E-state index contributed by atoms with van der Waals surface area (Å²) in [6.45, 7) is 4.35. The van der Waals surface area contributed by atoms with Crippen LogP contribution in [0.4, 0.5) is 5.69 Å². The van der Waals surface area contributed by atoms with E-state index in [1.54, 1.807) is 18.2 Å². The number of carbonyl (C=O) groups excluding carboxylic acids is 2. The highest BCUT2D eigenvalue weighted by molar-refractivity contribution is 6.32. The second kappa shape index (κ2) is 10.3. The Bertz CT molecular complexity index is 510. The van der Waals surface area contributed by atoms with Gasteiger partial charge in [-0.05, 0) is 24.1 Å². The number of nitrogens with one attached hydrogen (secondary N) is 2. The lowest BCUT2D eigenvalue weighted by molar-refractivity contribution is -0.123. The summed E-state index contributed by atoms with van der Waals surface area (Å²) in [4.78, 5) is 22.5. The monoisotopic (exact) mass is 349 g/mol. The molecule has 0 aliphatic rings. The van der Waals surface area contributed by atoms with Crippen LogP contribution in [0, 0.1) is 5.92 Å². The third kappa shape index (κ3) is 7.49. The molecule has 0 radical (unpaired) electrons. The van der Waals surface area contributed by atoms with E-state index in [1.165, 1.54) is 0 Å². The normalized spacial score (nSPS) is 9.86. The molecule has 0 aliphatic carbocycles. The highest BCUT2D eigenvalue weighted by atomic mass is 35.5. The molecule has 0 atom stereocenters. The van der Waals surface area contributed by atoms with Crippen LogP contribution in [0.1, 0.15) is 13.8 Å². The maximum absolute atomic E-state index is 11.6. The van der Waals surface area contributed by atoms with Crippen LogP contribution in [0.2, 0.25) is 5.02 Å². The van der Waals surface area contributed by atoms with Crippen LogP contribution in [0.25, 0.3) is 0 Å². The van der Waals surface area contributed by atoms with Gasteiger partial charge in [-0.25, -0.2) is 0 Å². The van der Waals surface area contributed by atoms with Gasteiger partial charge in [-0.15, -0.1) is 12.4 Å². The molecule has 6 nitrogen and oxygen atoms in total. The number of amides is 2. The lowest BCUT2D eigenvalue weighted by Gasteiger charge is -2.12. The first-order valence-electron chi connectivity index (χ1n) is 6.61. The molecular weight excluding hydrogens is 329 g/mol. The van der Waals surface area contributed by atoms with Crippen molar-refractivity contribution >= 4 is 41.5 Å². The molecule has 8 heteroatoms. The van der Waals surface area contributed by atoms with Crippen LogP contribution in [0.5, 0.6) is 5.75 Å².